The molecule has 1 aromatic heterocycles. The monoisotopic (exact) mass is 168 g/mol. The second kappa shape index (κ2) is 2.91. The van der Waals surface area contributed by atoms with E-state index in [0.717, 1.165) is 0 Å². The molecule has 7 N–H and O–H groups in total. The van der Waals surface area contributed by atoms with E-state index < -0.39 is 0 Å². The molecule has 0 saturated heterocycles. The van der Waals surface area contributed by atoms with Gasteiger partial charge in [0.15, 0.2) is 11.6 Å². The fourth-order valence-electron chi connectivity index (χ4n) is 0.722. The number of amides is 1. The van der Waals surface area contributed by atoms with Crippen LogP contribution in [-0.4, -0.2) is 16.4 Å². The van der Waals surface area contributed by atoms with Gasteiger partial charge in [-0.3, -0.25) is 4.79 Å². The first kappa shape index (κ1) is 8.05. The van der Waals surface area contributed by atoms with Crippen LogP contribution in [0.15, 0.2) is 0 Å². The number of carbonyl (C=O) groups excluding carboxylic acids is 1. The van der Waals surface area contributed by atoms with Gasteiger partial charge in [0.1, 0.15) is 5.69 Å². The second-order valence-corrected chi connectivity index (χ2v) is 1.99. The first-order chi connectivity index (χ1) is 5.65. The third kappa shape index (κ3) is 1.34. The van der Waals surface area contributed by atoms with E-state index in [1.165, 1.54) is 0 Å². The zero-order valence-corrected chi connectivity index (χ0v) is 6.11. The Morgan fingerprint density at radius 2 is 1.67 bits per heavy atom. The van der Waals surface area contributed by atoms with Gasteiger partial charge in [0.05, 0.1) is 0 Å². The molecule has 0 aromatic carbocycles. The number of carbonyl (C=O) groups is 1. The number of hydrogen-bond acceptors (Lipinski definition) is 6. The minimum Gasteiger partial charge on any atom is -0.382 e. The molecule has 7 nitrogen and oxygen atoms in total. The SMILES string of the molecule is Nc1nc(N)c(NC=O)c(N)n1. The highest BCUT2D eigenvalue weighted by molar-refractivity contribution is 5.85. The first-order valence-electron chi connectivity index (χ1n) is 3.03. The molecule has 0 aliphatic carbocycles. The van der Waals surface area contributed by atoms with E-state index in [0.29, 0.717) is 6.41 Å². The lowest BCUT2D eigenvalue weighted by Gasteiger charge is -2.05. The number of rotatable bonds is 2. The van der Waals surface area contributed by atoms with Crippen LogP contribution in [0.5, 0.6) is 0 Å². The van der Waals surface area contributed by atoms with Crippen LogP contribution in [-0.2, 0) is 4.79 Å². The van der Waals surface area contributed by atoms with Crippen molar-refractivity contribution in [3.05, 3.63) is 0 Å². The molecule has 0 bridgehead atoms. The smallest absolute Gasteiger partial charge is 0.224 e. The van der Waals surface area contributed by atoms with Crippen molar-refractivity contribution in [2.75, 3.05) is 22.5 Å². The molecule has 64 valence electrons. The number of hydrogen-bond donors (Lipinski definition) is 4. The summed E-state index contributed by atoms with van der Waals surface area (Å²) in [7, 11) is 0. The lowest BCUT2D eigenvalue weighted by Crippen LogP contribution is -2.09. The zero-order chi connectivity index (χ0) is 9.14. The molecule has 1 heterocycles. The molecule has 0 saturated carbocycles. The summed E-state index contributed by atoms with van der Waals surface area (Å²) in [6, 6.07) is 0. The molecular formula is C5H8N6O. The van der Waals surface area contributed by atoms with E-state index in [4.69, 9.17) is 17.2 Å². The van der Waals surface area contributed by atoms with Gasteiger partial charge >= 0.3 is 0 Å². The zero-order valence-electron chi connectivity index (χ0n) is 6.11. The first-order valence-corrected chi connectivity index (χ1v) is 3.03. The fourth-order valence-corrected chi connectivity index (χ4v) is 0.722. The number of nitrogens with zero attached hydrogens (tertiary/aromatic N) is 2. The van der Waals surface area contributed by atoms with Crippen molar-refractivity contribution >= 4 is 29.7 Å². The fraction of sp³-hybridized carbons (Fsp3) is 0. The quantitative estimate of drug-likeness (QED) is 0.409. The molecule has 0 spiro atoms. The van der Waals surface area contributed by atoms with Gasteiger partial charge in [-0.1, -0.05) is 0 Å². The highest BCUT2D eigenvalue weighted by Crippen LogP contribution is 2.21. The molecular weight excluding hydrogens is 160 g/mol. The van der Waals surface area contributed by atoms with Crippen molar-refractivity contribution < 1.29 is 4.79 Å². The maximum absolute atomic E-state index is 10.1. The predicted octanol–water partition coefficient (Wildman–Crippen LogP) is -1.21. The second-order valence-electron chi connectivity index (χ2n) is 1.99. The van der Waals surface area contributed by atoms with E-state index in [1.807, 2.05) is 0 Å². The van der Waals surface area contributed by atoms with Gasteiger partial charge in [0.2, 0.25) is 12.4 Å². The molecule has 1 aromatic rings. The highest BCUT2D eigenvalue weighted by Gasteiger charge is 2.06. The number of anilines is 4. The van der Waals surface area contributed by atoms with Gasteiger partial charge in [-0.25, -0.2) is 0 Å². The van der Waals surface area contributed by atoms with Crippen molar-refractivity contribution in [2.24, 2.45) is 0 Å². The van der Waals surface area contributed by atoms with Gasteiger partial charge in [0.25, 0.3) is 0 Å². The van der Waals surface area contributed by atoms with E-state index in [9.17, 15) is 4.79 Å². The predicted molar refractivity (Wildman–Crippen MR) is 45.0 cm³/mol. The normalized spacial score (nSPS) is 9.33. The Labute approximate surface area is 68.0 Å². The lowest BCUT2D eigenvalue weighted by molar-refractivity contribution is -0.105. The Balaban J connectivity index is 3.18. The largest absolute Gasteiger partial charge is 0.382 e. The third-order valence-electron chi connectivity index (χ3n) is 1.19. The average Bonchev–Trinajstić information content (AvgIpc) is 1.96. The molecule has 7 heteroatoms. The van der Waals surface area contributed by atoms with Crippen molar-refractivity contribution in [2.45, 2.75) is 0 Å². The highest BCUT2D eigenvalue weighted by atomic mass is 16.1. The number of nitrogens with two attached hydrogens (primary N) is 3. The van der Waals surface area contributed by atoms with Crippen LogP contribution in [0.4, 0.5) is 23.3 Å². The Hall–Kier alpha value is -2.05. The number of nitrogens with one attached hydrogen (secondary N) is 1. The minimum absolute atomic E-state index is 0.0264. The van der Waals surface area contributed by atoms with E-state index in [2.05, 4.69) is 15.3 Å². The summed E-state index contributed by atoms with van der Waals surface area (Å²) >= 11 is 0. The third-order valence-corrected chi connectivity index (χ3v) is 1.19. The maximum atomic E-state index is 10.1. The molecule has 1 amide bonds. The van der Waals surface area contributed by atoms with Crippen LogP contribution in [0.1, 0.15) is 0 Å². The van der Waals surface area contributed by atoms with Crippen molar-refractivity contribution in [1.29, 1.82) is 0 Å². The Morgan fingerprint density at radius 1 is 1.17 bits per heavy atom. The summed E-state index contributed by atoms with van der Waals surface area (Å²) in [5.74, 6) is 0.0700. The summed E-state index contributed by atoms with van der Waals surface area (Å²) < 4.78 is 0. The average molecular weight is 168 g/mol. The standard InChI is InChI=1S/C5H8N6O/c6-3-2(9-1-12)4(7)11-5(8)10-3/h1H,(H,9,12)(H6,6,7,8,10,11). The lowest BCUT2D eigenvalue weighted by atomic mass is 10.4. The van der Waals surface area contributed by atoms with Crippen LogP contribution in [0.3, 0.4) is 0 Å². The van der Waals surface area contributed by atoms with E-state index in [-0.39, 0.29) is 23.3 Å². The van der Waals surface area contributed by atoms with E-state index >= 15 is 0 Å². The topological polar surface area (TPSA) is 133 Å². The van der Waals surface area contributed by atoms with Crippen LogP contribution in [0.25, 0.3) is 0 Å². The van der Waals surface area contributed by atoms with Crippen molar-refractivity contribution in [3.63, 3.8) is 0 Å². The summed E-state index contributed by atoms with van der Waals surface area (Å²) in [4.78, 5) is 17.2. The molecule has 0 aliphatic heterocycles. The van der Waals surface area contributed by atoms with Gasteiger partial charge in [-0.15, -0.1) is 0 Å². The van der Waals surface area contributed by atoms with Gasteiger partial charge in [-0.2, -0.15) is 9.97 Å². The van der Waals surface area contributed by atoms with Crippen LogP contribution < -0.4 is 22.5 Å². The minimum atomic E-state index is -0.0264. The summed E-state index contributed by atoms with van der Waals surface area (Å²) in [5, 5.41) is 2.26. The van der Waals surface area contributed by atoms with Crippen LogP contribution in [0, 0.1) is 0 Å². The van der Waals surface area contributed by atoms with Crippen LogP contribution >= 0.6 is 0 Å². The van der Waals surface area contributed by atoms with Crippen molar-refractivity contribution in [1.82, 2.24) is 9.97 Å². The Kier molecular flexibility index (Phi) is 1.95. The molecule has 1 rings (SSSR count). The molecule has 12 heavy (non-hydrogen) atoms. The number of aromatic nitrogens is 2. The summed E-state index contributed by atoms with van der Waals surface area (Å²) in [5.41, 5.74) is 16.2. The molecule has 0 radical (unpaired) electrons. The van der Waals surface area contributed by atoms with Crippen LogP contribution in [0.2, 0.25) is 0 Å². The van der Waals surface area contributed by atoms with Gasteiger partial charge in [-0.05, 0) is 0 Å². The summed E-state index contributed by atoms with van der Waals surface area (Å²) in [6.07, 6.45) is 0.432. The molecule has 0 atom stereocenters. The molecule has 0 fully saturated rings. The Bertz CT molecular complexity index is 288. The summed E-state index contributed by atoms with van der Waals surface area (Å²) in [6.45, 7) is 0. The Morgan fingerprint density at radius 3 is 2.08 bits per heavy atom. The molecule has 0 unspecified atom stereocenters. The van der Waals surface area contributed by atoms with Gasteiger partial charge in [0, 0.05) is 0 Å². The van der Waals surface area contributed by atoms with Crippen molar-refractivity contribution in [3.8, 4) is 0 Å². The van der Waals surface area contributed by atoms with E-state index in [1.54, 1.807) is 0 Å². The number of nitrogen functional groups attached to an aromatic ring is 3. The van der Waals surface area contributed by atoms with Gasteiger partial charge < -0.3 is 22.5 Å². The molecule has 0 aliphatic rings. The maximum Gasteiger partial charge on any atom is 0.224 e.